The number of aryl methyl sites for hydroxylation is 1. The molecule has 4 rings (SSSR count). The number of amides is 1. The molecule has 2 saturated heterocycles. The Balaban J connectivity index is 1.23. The van der Waals surface area contributed by atoms with E-state index in [0.29, 0.717) is 32.8 Å². The summed E-state index contributed by atoms with van der Waals surface area (Å²) in [5, 5.41) is 11.9. The molecule has 2 fully saturated rings. The maximum Gasteiger partial charge on any atom is 0.236 e. The number of guanidine groups is 1. The van der Waals surface area contributed by atoms with E-state index in [1.165, 1.54) is 0 Å². The summed E-state index contributed by atoms with van der Waals surface area (Å²) < 4.78 is 7.38. The summed E-state index contributed by atoms with van der Waals surface area (Å²) in [5.74, 6) is 2.14. The van der Waals surface area contributed by atoms with Crippen LogP contribution in [-0.4, -0.2) is 113 Å². The summed E-state index contributed by atoms with van der Waals surface area (Å²) in [7, 11) is 0. The molecule has 0 saturated carbocycles. The summed E-state index contributed by atoms with van der Waals surface area (Å²) >= 11 is 0. The lowest BCUT2D eigenvalue weighted by Gasteiger charge is -2.37. The Labute approximate surface area is 189 Å². The number of aromatic nitrogens is 3. The van der Waals surface area contributed by atoms with Crippen LogP contribution < -0.4 is 5.32 Å². The fourth-order valence-corrected chi connectivity index (χ4v) is 4.13. The van der Waals surface area contributed by atoms with Gasteiger partial charge in [0.15, 0.2) is 11.6 Å². The number of morpholine rings is 1. The van der Waals surface area contributed by atoms with Gasteiger partial charge >= 0.3 is 0 Å². The minimum absolute atomic E-state index is 0.211. The third-order valence-corrected chi connectivity index (χ3v) is 5.93. The van der Waals surface area contributed by atoms with E-state index in [0.717, 1.165) is 69.5 Å². The van der Waals surface area contributed by atoms with Gasteiger partial charge in [0.1, 0.15) is 5.82 Å². The first-order valence-electron chi connectivity index (χ1n) is 11.6. The number of rotatable bonds is 7. The van der Waals surface area contributed by atoms with Crippen molar-refractivity contribution in [1.29, 1.82) is 0 Å². The van der Waals surface area contributed by atoms with Gasteiger partial charge in [-0.1, -0.05) is 6.07 Å². The largest absolute Gasteiger partial charge is 0.378 e. The minimum atomic E-state index is 0.211. The monoisotopic (exact) mass is 442 g/mol. The van der Waals surface area contributed by atoms with Crippen LogP contribution >= 0.6 is 0 Å². The van der Waals surface area contributed by atoms with Crippen LogP contribution in [0, 0.1) is 0 Å². The Bertz CT molecular complexity index is 900. The van der Waals surface area contributed by atoms with Crippen molar-refractivity contribution < 1.29 is 9.53 Å². The molecule has 174 valence electrons. The summed E-state index contributed by atoms with van der Waals surface area (Å²) in [4.78, 5) is 23.8. The molecule has 2 aromatic heterocycles. The van der Waals surface area contributed by atoms with Gasteiger partial charge in [0, 0.05) is 65.0 Å². The molecule has 1 N–H and O–H groups in total. The minimum Gasteiger partial charge on any atom is -0.378 e. The van der Waals surface area contributed by atoms with Gasteiger partial charge in [-0.2, -0.15) is 0 Å². The molecule has 0 bridgehead atoms. The molecular weight excluding hydrogens is 408 g/mol. The molecule has 0 spiro atoms. The van der Waals surface area contributed by atoms with Crippen LogP contribution in [0.25, 0.3) is 5.65 Å². The highest BCUT2D eigenvalue weighted by atomic mass is 16.5. The van der Waals surface area contributed by atoms with Crippen molar-refractivity contribution in [2.24, 2.45) is 4.99 Å². The molecule has 2 aromatic rings. The van der Waals surface area contributed by atoms with E-state index < -0.39 is 0 Å². The van der Waals surface area contributed by atoms with Gasteiger partial charge < -0.3 is 19.9 Å². The lowest BCUT2D eigenvalue weighted by atomic mass is 10.3. The van der Waals surface area contributed by atoms with Crippen LogP contribution in [0.4, 0.5) is 0 Å². The van der Waals surface area contributed by atoms with Gasteiger partial charge in [-0.25, -0.2) is 0 Å². The molecule has 32 heavy (non-hydrogen) atoms. The van der Waals surface area contributed by atoms with Crippen molar-refractivity contribution in [2.45, 2.75) is 19.8 Å². The zero-order chi connectivity index (χ0) is 22.2. The van der Waals surface area contributed by atoms with Crippen molar-refractivity contribution in [2.75, 3.05) is 72.1 Å². The molecule has 0 atom stereocenters. The Morgan fingerprint density at radius 2 is 1.91 bits per heavy atom. The van der Waals surface area contributed by atoms with Crippen molar-refractivity contribution in [3.63, 3.8) is 0 Å². The number of ether oxygens (including phenoxy) is 1. The molecule has 2 aliphatic heterocycles. The normalized spacial score (nSPS) is 18.3. The summed E-state index contributed by atoms with van der Waals surface area (Å²) in [6.07, 6.45) is 3.76. The van der Waals surface area contributed by atoms with E-state index >= 15 is 0 Å². The molecule has 0 unspecified atom stereocenters. The number of nitrogens with one attached hydrogen (secondary N) is 1. The predicted molar refractivity (Wildman–Crippen MR) is 123 cm³/mol. The predicted octanol–water partition coefficient (Wildman–Crippen LogP) is 0.104. The maximum atomic E-state index is 12.5. The van der Waals surface area contributed by atoms with E-state index in [4.69, 9.17) is 9.73 Å². The molecule has 0 aliphatic carbocycles. The standard InChI is InChI=1S/C22H34N8O2/c1-2-23-22(24-8-5-7-20-26-25-19-6-3-4-9-30(19)20)29-12-10-27(11-13-29)18-21(31)28-14-16-32-17-15-28/h3-4,6,9H,2,5,7-8,10-18H2,1H3,(H,23,24). The number of piperazine rings is 1. The first-order valence-corrected chi connectivity index (χ1v) is 11.6. The third-order valence-electron chi connectivity index (χ3n) is 5.93. The lowest BCUT2D eigenvalue weighted by molar-refractivity contribution is -0.136. The second-order valence-electron chi connectivity index (χ2n) is 8.14. The molecule has 10 nitrogen and oxygen atoms in total. The molecule has 10 heteroatoms. The summed E-state index contributed by atoms with van der Waals surface area (Å²) in [5.41, 5.74) is 0.879. The fourth-order valence-electron chi connectivity index (χ4n) is 4.13. The molecule has 2 aliphatic rings. The Kier molecular flexibility index (Phi) is 7.89. The van der Waals surface area contributed by atoms with Crippen LogP contribution in [0.15, 0.2) is 29.4 Å². The van der Waals surface area contributed by atoms with E-state index in [1.807, 2.05) is 33.7 Å². The SMILES string of the molecule is CCNC(=NCCCc1nnc2ccccn12)N1CCN(CC(=O)N2CCOCC2)CC1. The molecule has 1 amide bonds. The van der Waals surface area contributed by atoms with Gasteiger partial charge in [0.25, 0.3) is 0 Å². The number of fused-ring (bicyclic) bond motifs is 1. The number of aliphatic imine (C=N–C) groups is 1. The summed E-state index contributed by atoms with van der Waals surface area (Å²) in [6.45, 7) is 10.4. The van der Waals surface area contributed by atoms with Crippen molar-refractivity contribution in [3.8, 4) is 0 Å². The Morgan fingerprint density at radius 3 is 2.69 bits per heavy atom. The molecular formula is C22H34N8O2. The second-order valence-corrected chi connectivity index (χ2v) is 8.14. The first kappa shape index (κ1) is 22.5. The van der Waals surface area contributed by atoms with Crippen molar-refractivity contribution in [1.82, 2.24) is 34.6 Å². The van der Waals surface area contributed by atoms with Crippen LogP contribution in [0.5, 0.6) is 0 Å². The molecule has 0 aromatic carbocycles. The zero-order valence-electron chi connectivity index (χ0n) is 18.9. The van der Waals surface area contributed by atoms with E-state index in [-0.39, 0.29) is 5.91 Å². The number of hydrogen-bond acceptors (Lipinski definition) is 6. The Morgan fingerprint density at radius 1 is 1.09 bits per heavy atom. The lowest BCUT2D eigenvalue weighted by Crippen LogP contribution is -2.54. The highest BCUT2D eigenvalue weighted by Crippen LogP contribution is 2.07. The highest BCUT2D eigenvalue weighted by Gasteiger charge is 2.24. The molecule has 4 heterocycles. The first-order chi connectivity index (χ1) is 15.7. The number of pyridine rings is 1. The quantitative estimate of drug-likeness (QED) is 0.370. The van der Waals surface area contributed by atoms with Crippen molar-refractivity contribution in [3.05, 3.63) is 30.2 Å². The van der Waals surface area contributed by atoms with E-state index in [2.05, 4.69) is 32.2 Å². The van der Waals surface area contributed by atoms with Gasteiger partial charge in [-0.3, -0.25) is 19.1 Å². The number of carbonyl (C=O) groups is 1. The second kappa shape index (κ2) is 11.2. The van der Waals surface area contributed by atoms with Gasteiger partial charge in [-0.15, -0.1) is 10.2 Å². The van der Waals surface area contributed by atoms with E-state index in [1.54, 1.807) is 0 Å². The van der Waals surface area contributed by atoms with Crippen LogP contribution in [0.3, 0.4) is 0 Å². The van der Waals surface area contributed by atoms with Gasteiger partial charge in [0.05, 0.1) is 19.8 Å². The van der Waals surface area contributed by atoms with Crippen LogP contribution in [0.2, 0.25) is 0 Å². The van der Waals surface area contributed by atoms with Crippen LogP contribution in [-0.2, 0) is 16.0 Å². The maximum absolute atomic E-state index is 12.5. The average molecular weight is 443 g/mol. The summed E-state index contributed by atoms with van der Waals surface area (Å²) in [6, 6.07) is 5.93. The van der Waals surface area contributed by atoms with Gasteiger partial charge in [0.2, 0.25) is 5.91 Å². The fraction of sp³-hybridized carbons (Fsp3) is 0.636. The molecule has 0 radical (unpaired) electrons. The Hall–Kier alpha value is -2.72. The highest BCUT2D eigenvalue weighted by molar-refractivity contribution is 5.80. The topological polar surface area (TPSA) is 90.6 Å². The number of carbonyl (C=O) groups excluding carboxylic acids is 1. The van der Waals surface area contributed by atoms with E-state index in [9.17, 15) is 4.79 Å². The average Bonchev–Trinajstić information content (AvgIpc) is 3.25. The number of hydrogen-bond donors (Lipinski definition) is 1. The third kappa shape index (κ3) is 5.74. The smallest absolute Gasteiger partial charge is 0.236 e. The van der Waals surface area contributed by atoms with Gasteiger partial charge in [-0.05, 0) is 25.5 Å². The zero-order valence-corrected chi connectivity index (χ0v) is 18.9. The van der Waals surface area contributed by atoms with Crippen molar-refractivity contribution >= 4 is 17.5 Å². The number of nitrogens with zero attached hydrogens (tertiary/aromatic N) is 7. The van der Waals surface area contributed by atoms with Crippen LogP contribution in [0.1, 0.15) is 19.2 Å².